The molecule has 8 heteroatoms. The van der Waals surface area contributed by atoms with Crippen LogP contribution in [0, 0.1) is 0 Å². The Balaban J connectivity index is 1.38. The molecule has 0 radical (unpaired) electrons. The number of nitrogens with zero attached hydrogens (tertiary/aromatic N) is 6. The lowest BCUT2D eigenvalue weighted by atomic mass is 9.86. The van der Waals surface area contributed by atoms with Gasteiger partial charge >= 0.3 is 0 Å². The van der Waals surface area contributed by atoms with Crippen LogP contribution >= 0.6 is 11.6 Å². The third kappa shape index (κ3) is 3.72. The maximum Gasteiger partial charge on any atom is 0.233 e. The SMILES string of the molecule is CN1Cc2cc(Cl)ccc2-n2c(nnc2C2CCC(Oc3cccnn3)CC2)C1. The van der Waals surface area contributed by atoms with Crippen LogP contribution in [0.25, 0.3) is 5.69 Å². The average Bonchev–Trinajstić information content (AvgIpc) is 3.06. The van der Waals surface area contributed by atoms with E-state index >= 15 is 0 Å². The third-order valence-electron chi connectivity index (χ3n) is 5.76. The fraction of sp³-hybridized carbons (Fsp3) is 0.429. The van der Waals surface area contributed by atoms with E-state index in [4.69, 9.17) is 16.3 Å². The third-order valence-corrected chi connectivity index (χ3v) is 6.00. The molecule has 1 aliphatic carbocycles. The van der Waals surface area contributed by atoms with Gasteiger partial charge in [-0.3, -0.25) is 9.47 Å². The lowest BCUT2D eigenvalue weighted by molar-refractivity contribution is 0.137. The van der Waals surface area contributed by atoms with Crippen LogP contribution in [-0.4, -0.2) is 43.0 Å². The molecule has 150 valence electrons. The van der Waals surface area contributed by atoms with E-state index in [-0.39, 0.29) is 6.10 Å². The molecule has 1 aliphatic heterocycles. The minimum atomic E-state index is 0.173. The normalized spacial score (nSPS) is 21.9. The summed E-state index contributed by atoms with van der Waals surface area (Å²) in [5, 5.41) is 17.8. The van der Waals surface area contributed by atoms with Crippen molar-refractivity contribution in [3.05, 3.63) is 58.8 Å². The van der Waals surface area contributed by atoms with Gasteiger partial charge in [-0.15, -0.1) is 15.3 Å². The number of hydrogen-bond acceptors (Lipinski definition) is 6. The lowest BCUT2D eigenvalue weighted by Crippen LogP contribution is -2.25. The summed E-state index contributed by atoms with van der Waals surface area (Å²) in [5.74, 6) is 3.00. The molecule has 0 N–H and O–H groups in total. The summed E-state index contributed by atoms with van der Waals surface area (Å²) >= 11 is 6.27. The number of benzene rings is 1. The molecule has 1 aromatic carbocycles. The maximum atomic E-state index is 6.27. The van der Waals surface area contributed by atoms with Crippen LogP contribution in [-0.2, 0) is 13.1 Å². The van der Waals surface area contributed by atoms with E-state index in [9.17, 15) is 0 Å². The Hall–Kier alpha value is -2.51. The summed E-state index contributed by atoms with van der Waals surface area (Å²) < 4.78 is 8.25. The molecule has 0 bridgehead atoms. The van der Waals surface area contributed by atoms with E-state index in [1.54, 1.807) is 6.20 Å². The maximum absolute atomic E-state index is 6.27. The molecule has 0 saturated heterocycles. The smallest absolute Gasteiger partial charge is 0.233 e. The minimum Gasteiger partial charge on any atom is -0.473 e. The van der Waals surface area contributed by atoms with Crippen molar-refractivity contribution in [2.24, 2.45) is 0 Å². The van der Waals surface area contributed by atoms with Crippen molar-refractivity contribution < 1.29 is 4.74 Å². The average molecular weight is 411 g/mol. The zero-order chi connectivity index (χ0) is 19.8. The Morgan fingerprint density at radius 2 is 1.90 bits per heavy atom. The first-order valence-corrected chi connectivity index (χ1v) is 10.4. The molecule has 2 aromatic heterocycles. The Kier molecular flexibility index (Phi) is 4.93. The Morgan fingerprint density at radius 1 is 1.03 bits per heavy atom. The molecule has 7 nitrogen and oxygen atoms in total. The number of ether oxygens (including phenoxy) is 1. The summed E-state index contributed by atoms with van der Waals surface area (Å²) in [6, 6.07) is 9.80. The molecule has 0 atom stereocenters. The highest BCUT2D eigenvalue weighted by Crippen LogP contribution is 2.36. The van der Waals surface area contributed by atoms with Gasteiger partial charge < -0.3 is 4.74 Å². The quantitative estimate of drug-likeness (QED) is 0.654. The molecule has 3 aromatic rings. The minimum absolute atomic E-state index is 0.173. The zero-order valence-electron chi connectivity index (χ0n) is 16.3. The topological polar surface area (TPSA) is 69.0 Å². The number of aromatic nitrogens is 5. The van der Waals surface area contributed by atoms with E-state index in [1.807, 2.05) is 18.2 Å². The summed E-state index contributed by atoms with van der Waals surface area (Å²) in [5.41, 5.74) is 2.35. The fourth-order valence-electron chi connectivity index (χ4n) is 4.41. The van der Waals surface area contributed by atoms with Crippen molar-refractivity contribution >= 4 is 11.6 Å². The van der Waals surface area contributed by atoms with Crippen LogP contribution in [0.5, 0.6) is 5.88 Å². The van der Waals surface area contributed by atoms with Crippen LogP contribution in [0.4, 0.5) is 0 Å². The summed E-state index contributed by atoms with van der Waals surface area (Å²) in [4.78, 5) is 2.25. The van der Waals surface area contributed by atoms with Gasteiger partial charge in [-0.1, -0.05) is 11.6 Å². The first kappa shape index (κ1) is 18.5. The summed E-state index contributed by atoms with van der Waals surface area (Å²) in [6.07, 6.45) is 5.80. The van der Waals surface area contributed by atoms with Crippen LogP contribution in [0.2, 0.25) is 5.02 Å². The first-order chi connectivity index (χ1) is 14.2. The van der Waals surface area contributed by atoms with Gasteiger partial charge in [-0.05, 0) is 62.6 Å². The van der Waals surface area contributed by atoms with E-state index in [1.165, 1.54) is 5.56 Å². The molecule has 0 spiro atoms. The van der Waals surface area contributed by atoms with Crippen LogP contribution in [0.1, 0.15) is 48.8 Å². The van der Waals surface area contributed by atoms with Crippen molar-refractivity contribution in [2.75, 3.05) is 7.05 Å². The van der Waals surface area contributed by atoms with Crippen molar-refractivity contribution in [2.45, 2.75) is 50.8 Å². The number of rotatable bonds is 3. The van der Waals surface area contributed by atoms with Crippen LogP contribution < -0.4 is 4.74 Å². The monoisotopic (exact) mass is 410 g/mol. The second kappa shape index (κ2) is 7.72. The zero-order valence-corrected chi connectivity index (χ0v) is 17.1. The highest BCUT2D eigenvalue weighted by molar-refractivity contribution is 6.30. The highest BCUT2D eigenvalue weighted by Gasteiger charge is 2.30. The van der Waals surface area contributed by atoms with E-state index in [2.05, 4.69) is 49.0 Å². The van der Waals surface area contributed by atoms with Crippen molar-refractivity contribution in [3.63, 3.8) is 0 Å². The predicted octanol–water partition coefficient (Wildman–Crippen LogP) is 3.76. The van der Waals surface area contributed by atoms with Crippen LogP contribution in [0.3, 0.4) is 0 Å². The van der Waals surface area contributed by atoms with Crippen molar-refractivity contribution in [1.29, 1.82) is 0 Å². The standard InChI is InChI=1S/C21H23ClN6O/c1-27-12-15-11-16(22)6-9-18(15)28-19(13-27)24-26-21(28)14-4-7-17(8-5-14)29-20-3-2-10-23-25-20/h2-3,6,9-11,14,17H,4-5,7-8,12-13H2,1H3. The van der Waals surface area contributed by atoms with E-state index in [0.29, 0.717) is 11.8 Å². The molecular formula is C21H23ClN6O. The predicted molar refractivity (Wildman–Crippen MR) is 109 cm³/mol. The summed E-state index contributed by atoms with van der Waals surface area (Å²) in [7, 11) is 2.10. The Bertz CT molecular complexity index is 1000. The number of halogens is 1. The van der Waals surface area contributed by atoms with Gasteiger partial charge in [0.05, 0.1) is 12.2 Å². The van der Waals surface area contributed by atoms with Gasteiger partial charge in [-0.25, -0.2) is 0 Å². The second-order valence-corrected chi connectivity index (χ2v) is 8.34. The van der Waals surface area contributed by atoms with Gasteiger partial charge in [0.1, 0.15) is 11.9 Å². The molecule has 29 heavy (non-hydrogen) atoms. The van der Waals surface area contributed by atoms with Crippen molar-refractivity contribution in [1.82, 2.24) is 29.9 Å². The molecule has 0 unspecified atom stereocenters. The largest absolute Gasteiger partial charge is 0.473 e. The Labute approximate surface area is 174 Å². The second-order valence-electron chi connectivity index (χ2n) is 7.91. The molecule has 0 amide bonds. The van der Waals surface area contributed by atoms with Gasteiger partial charge in [0, 0.05) is 29.7 Å². The van der Waals surface area contributed by atoms with Gasteiger partial charge in [0.25, 0.3) is 0 Å². The molecule has 1 saturated carbocycles. The highest BCUT2D eigenvalue weighted by atomic mass is 35.5. The first-order valence-electron chi connectivity index (χ1n) is 10.0. The molecular weight excluding hydrogens is 388 g/mol. The fourth-order valence-corrected chi connectivity index (χ4v) is 4.60. The van der Waals surface area contributed by atoms with Crippen molar-refractivity contribution in [3.8, 4) is 11.6 Å². The Morgan fingerprint density at radius 3 is 2.69 bits per heavy atom. The molecule has 1 fully saturated rings. The molecule has 5 rings (SSSR count). The molecule has 2 aliphatic rings. The lowest BCUT2D eigenvalue weighted by Gasteiger charge is -2.28. The van der Waals surface area contributed by atoms with E-state index in [0.717, 1.165) is 61.1 Å². The van der Waals surface area contributed by atoms with Gasteiger partial charge in [0.2, 0.25) is 5.88 Å². The number of fused-ring (bicyclic) bond motifs is 3. The summed E-state index contributed by atoms with van der Waals surface area (Å²) in [6.45, 7) is 1.61. The molecule has 3 heterocycles. The van der Waals surface area contributed by atoms with Gasteiger partial charge in [-0.2, -0.15) is 5.10 Å². The van der Waals surface area contributed by atoms with E-state index < -0.39 is 0 Å². The number of hydrogen-bond donors (Lipinski definition) is 0. The van der Waals surface area contributed by atoms with Gasteiger partial charge in [0.15, 0.2) is 5.82 Å². The van der Waals surface area contributed by atoms with Crippen LogP contribution in [0.15, 0.2) is 36.5 Å².